The Morgan fingerprint density at radius 3 is 2.54 bits per heavy atom. The molecule has 3 unspecified atom stereocenters. The number of methoxy groups -OCH3 is 1. The third-order valence-electron chi connectivity index (χ3n) is 7.18. The molecule has 2 aliphatic heterocycles. The van der Waals surface area contributed by atoms with E-state index in [1.807, 2.05) is 37.4 Å². The van der Waals surface area contributed by atoms with Crippen molar-refractivity contribution in [2.75, 3.05) is 12.4 Å². The minimum absolute atomic E-state index is 0.0585. The highest BCUT2D eigenvalue weighted by Crippen LogP contribution is 2.52. The third kappa shape index (κ3) is 4.05. The first-order valence-corrected chi connectivity index (χ1v) is 11.4. The van der Waals surface area contributed by atoms with Crippen LogP contribution in [0.3, 0.4) is 0 Å². The molecule has 35 heavy (non-hydrogen) atoms. The molecule has 0 bridgehead atoms. The van der Waals surface area contributed by atoms with Gasteiger partial charge in [0.1, 0.15) is 5.75 Å². The highest BCUT2D eigenvalue weighted by Gasteiger charge is 2.54. The van der Waals surface area contributed by atoms with Crippen LogP contribution in [0.1, 0.15) is 48.2 Å². The highest BCUT2D eigenvalue weighted by atomic mass is 19.4. The summed E-state index contributed by atoms with van der Waals surface area (Å²) >= 11 is 0. The SMILES string of the molecule is COc1ccc(CN2C(C)CC3(CC2c2cn(C)nn2)C(=O)Nc2cc(C(F)(F)F)ccc23)cc1. The van der Waals surface area contributed by atoms with Crippen molar-refractivity contribution in [3.63, 3.8) is 0 Å². The maximum atomic E-state index is 13.4. The quantitative estimate of drug-likeness (QED) is 0.591. The first-order valence-electron chi connectivity index (χ1n) is 11.4. The Bertz CT molecular complexity index is 1260. The van der Waals surface area contributed by atoms with Crippen molar-refractivity contribution in [1.82, 2.24) is 19.9 Å². The number of nitrogens with one attached hydrogen (secondary N) is 1. The number of anilines is 1. The summed E-state index contributed by atoms with van der Waals surface area (Å²) in [6, 6.07) is 11.0. The fraction of sp³-hybridized carbons (Fsp3) is 0.400. The number of aryl methyl sites for hydroxylation is 1. The van der Waals surface area contributed by atoms with Crippen molar-refractivity contribution < 1.29 is 22.7 Å². The number of carbonyl (C=O) groups is 1. The summed E-state index contributed by atoms with van der Waals surface area (Å²) in [7, 11) is 3.40. The molecular formula is C25H26F3N5O2. The molecule has 3 atom stereocenters. The number of fused-ring (bicyclic) bond motifs is 2. The van der Waals surface area contributed by atoms with Crippen molar-refractivity contribution in [2.24, 2.45) is 7.05 Å². The fourth-order valence-corrected chi connectivity index (χ4v) is 5.47. The lowest BCUT2D eigenvalue weighted by Crippen LogP contribution is -2.52. The monoisotopic (exact) mass is 485 g/mol. The number of hydrogen-bond acceptors (Lipinski definition) is 5. The number of amides is 1. The van der Waals surface area contributed by atoms with Crippen molar-refractivity contribution in [3.8, 4) is 5.75 Å². The lowest BCUT2D eigenvalue weighted by atomic mass is 9.68. The van der Waals surface area contributed by atoms with Gasteiger partial charge in [-0.2, -0.15) is 13.2 Å². The maximum Gasteiger partial charge on any atom is 0.416 e. The van der Waals surface area contributed by atoms with Crippen LogP contribution in [0.2, 0.25) is 0 Å². The van der Waals surface area contributed by atoms with E-state index in [1.165, 1.54) is 6.07 Å². The number of ether oxygens (including phenoxy) is 1. The van der Waals surface area contributed by atoms with Gasteiger partial charge in [-0.1, -0.05) is 23.4 Å². The summed E-state index contributed by atoms with van der Waals surface area (Å²) in [5.41, 5.74) is 0.925. The molecule has 184 valence electrons. The molecule has 1 saturated heterocycles. The molecule has 7 nitrogen and oxygen atoms in total. The van der Waals surface area contributed by atoms with Crippen LogP contribution in [0.5, 0.6) is 5.75 Å². The topological polar surface area (TPSA) is 72.3 Å². The lowest BCUT2D eigenvalue weighted by Gasteiger charge is -2.47. The number of aromatic nitrogens is 3. The van der Waals surface area contributed by atoms with Gasteiger partial charge in [-0.15, -0.1) is 5.10 Å². The van der Waals surface area contributed by atoms with Crippen molar-refractivity contribution in [1.29, 1.82) is 0 Å². The number of alkyl halides is 3. The zero-order valence-corrected chi connectivity index (χ0v) is 19.6. The average Bonchev–Trinajstić information content (AvgIpc) is 3.36. The van der Waals surface area contributed by atoms with E-state index in [0.29, 0.717) is 24.9 Å². The van der Waals surface area contributed by atoms with Crippen LogP contribution in [0.25, 0.3) is 0 Å². The molecule has 1 fully saturated rings. The Labute approximate surface area is 200 Å². The van der Waals surface area contributed by atoms with E-state index in [0.717, 1.165) is 29.1 Å². The Morgan fingerprint density at radius 2 is 1.91 bits per heavy atom. The molecular weight excluding hydrogens is 459 g/mol. The highest BCUT2D eigenvalue weighted by molar-refractivity contribution is 6.06. The number of nitrogens with zero attached hydrogens (tertiary/aromatic N) is 4. The summed E-state index contributed by atoms with van der Waals surface area (Å²) in [5.74, 6) is 0.499. The van der Waals surface area contributed by atoms with Crippen molar-refractivity contribution in [2.45, 2.75) is 50.0 Å². The normalized spacial score (nSPS) is 24.5. The lowest BCUT2D eigenvalue weighted by molar-refractivity contribution is -0.137. The van der Waals surface area contributed by atoms with E-state index in [9.17, 15) is 18.0 Å². The second-order valence-electron chi connectivity index (χ2n) is 9.40. The summed E-state index contributed by atoms with van der Waals surface area (Å²) in [4.78, 5) is 15.7. The molecule has 1 spiro atoms. The van der Waals surface area contributed by atoms with E-state index in [-0.39, 0.29) is 23.7 Å². The Morgan fingerprint density at radius 1 is 1.17 bits per heavy atom. The smallest absolute Gasteiger partial charge is 0.416 e. The molecule has 2 aromatic carbocycles. The van der Waals surface area contributed by atoms with Gasteiger partial charge in [0.05, 0.1) is 29.8 Å². The summed E-state index contributed by atoms with van der Waals surface area (Å²) < 4.78 is 46.8. The van der Waals surface area contributed by atoms with Crippen LogP contribution >= 0.6 is 0 Å². The number of carbonyl (C=O) groups excluding carboxylic acids is 1. The summed E-state index contributed by atoms with van der Waals surface area (Å²) in [6.07, 6.45) is -1.79. The van der Waals surface area contributed by atoms with Crippen LogP contribution in [0.4, 0.5) is 18.9 Å². The van der Waals surface area contributed by atoms with Crippen LogP contribution in [0.15, 0.2) is 48.7 Å². The van der Waals surface area contributed by atoms with E-state index >= 15 is 0 Å². The predicted octanol–water partition coefficient (Wildman–Crippen LogP) is 4.46. The minimum Gasteiger partial charge on any atom is -0.497 e. The van der Waals surface area contributed by atoms with E-state index in [1.54, 1.807) is 18.8 Å². The Hall–Kier alpha value is -3.40. The van der Waals surface area contributed by atoms with Gasteiger partial charge < -0.3 is 10.1 Å². The molecule has 3 heterocycles. The first-order chi connectivity index (χ1) is 16.6. The van der Waals surface area contributed by atoms with Gasteiger partial charge in [-0.05, 0) is 55.2 Å². The molecule has 0 radical (unpaired) electrons. The van der Waals surface area contributed by atoms with Gasteiger partial charge in [0, 0.05) is 31.5 Å². The standard InChI is InChI=1S/C25H26F3N5O2/c1-15-11-24(19-9-6-17(25(26,27)28)10-20(19)29-23(24)34)12-22(21-14-32(2)31-30-21)33(15)13-16-4-7-18(35-3)8-5-16/h4-10,14-15,22H,11-13H2,1-3H3,(H,29,34). The molecule has 5 rings (SSSR count). The van der Waals surface area contributed by atoms with Crippen LogP contribution in [-0.4, -0.2) is 39.0 Å². The average molecular weight is 486 g/mol. The fourth-order valence-electron chi connectivity index (χ4n) is 5.47. The first kappa shape index (κ1) is 23.3. The molecule has 1 amide bonds. The Balaban J connectivity index is 1.53. The van der Waals surface area contributed by atoms with Crippen molar-refractivity contribution >= 4 is 11.6 Å². The number of halogens is 3. The second kappa shape index (κ2) is 8.37. The molecule has 1 N–H and O–H groups in total. The van der Waals surface area contributed by atoms with E-state index < -0.39 is 17.2 Å². The van der Waals surface area contributed by atoms with Crippen LogP contribution in [0, 0.1) is 0 Å². The molecule has 0 aliphatic carbocycles. The van der Waals surface area contributed by atoms with Gasteiger partial charge in [0.15, 0.2) is 0 Å². The largest absolute Gasteiger partial charge is 0.497 e. The summed E-state index contributed by atoms with van der Waals surface area (Å²) in [5, 5.41) is 11.2. The van der Waals surface area contributed by atoms with Gasteiger partial charge in [-0.3, -0.25) is 14.4 Å². The summed E-state index contributed by atoms with van der Waals surface area (Å²) in [6.45, 7) is 2.66. The van der Waals surface area contributed by atoms with Gasteiger partial charge in [0.25, 0.3) is 0 Å². The molecule has 3 aromatic rings. The van der Waals surface area contributed by atoms with Gasteiger partial charge in [-0.25, -0.2) is 0 Å². The van der Waals surface area contributed by atoms with Crippen molar-refractivity contribution in [3.05, 3.63) is 71.0 Å². The zero-order valence-electron chi connectivity index (χ0n) is 19.6. The third-order valence-corrected chi connectivity index (χ3v) is 7.18. The maximum absolute atomic E-state index is 13.4. The second-order valence-corrected chi connectivity index (χ2v) is 9.40. The molecule has 1 aromatic heterocycles. The number of likely N-dealkylation sites (tertiary alicyclic amines) is 1. The van der Waals surface area contributed by atoms with Crippen LogP contribution < -0.4 is 10.1 Å². The predicted molar refractivity (Wildman–Crippen MR) is 123 cm³/mol. The molecule has 10 heteroatoms. The number of piperidine rings is 1. The number of hydrogen-bond donors (Lipinski definition) is 1. The van der Waals surface area contributed by atoms with E-state index in [2.05, 4.69) is 20.5 Å². The van der Waals surface area contributed by atoms with Crippen LogP contribution in [-0.2, 0) is 30.0 Å². The van der Waals surface area contributed by atoms with Gasteiger partial charge in [0.2, 0.25) is 5.91 Å². The number of benzene rings is 2. The van der Waals surface area contributed by atoms with Gasteiger partial charge >= 0.3 is 6.18 Å². The molecule has 0 saturated carbocycles. The van der Waals surface area contributed by atoms with E-state index in [4.69, 9.17) is 4.74 Å². The number of rotatable bonds is 4. The minimum atomic E-state index is -4.48. The Kier molecular flexibility index (Phi) is 5.58. The molecule has 2 aliphatic rings. The zero-order chi connectivity index (χ0) is 25.0.